The highest BCUT2D eigenvalue weighted by Gasteiger charge is 2.45. The van der Waals surface area contributed by atoms with E-state index >= 15 is 0 Å². The summed E-state index contributed by atoms with van der Waals surface area (Å²) in [6.45, 7) is 0. The van der Waals surface area contributed by atoms with Crippen molar-refractivity contribution in [2.45, 2.75) is 31.4 Å². The number of fused-ring (bicyclic) bond motifs is 6. The number of hydrogen-bond acceptors (Lipinski definition) is 0. The van der Waals surface area contributed by atoms with Gasteiger partial charge >= 0.3 is 0 Å². The molecule has 0 radical (unpaired) electrons. The van der Waals surface area contributed by atoms with Crippen LogP contribution in [0.25, 0.3) is 22.3 Å². The predicted molar refractivity (Wildman–Crippen MR) is 239 cm³/mol. The van der Waals surface area contributed by atoms with Crippen molar-refractivity contribution in [2.24, 2.45) is 0 Å². The van der Waals surface area contributed by atoms with Gasteiger partial charge in [-0.3, -0.25) is 0 Å². The molecule has 0 atom stereocenters. The molecule has 2 aliphatic rings. The average molecular weight is 737 g/mol. The predicted octanol–water partition coefficient (Wildman–Crippen LogP) is 8.86. The molecule has 264 valence electrons. The minimum absolute atomic E-state index is 1.000. The van der Waals surface area contributed by atoms with Crippen LogP contribution in [0.15, 0.2) is 206 Å². The summed E-state index contributed by atoms with van der Waals surface area (Å²) in [5.74, 6) is 0. The van der Waals surface area contributed by atoms with Gasteiger partial charge in [-0.1, -0.05) is 213 Å². The van der Waals surface area contributed by atoms with Gasteiger partial charge in [-0.25, -0.2) is 0 Å². The van der Waals surface area contributed by atoms with Gasteiger partial charge in [0.1, 0.15) is 16.1 Å². The SMILES string of the molecule is c1ccc([Si](CCC[Si](c2ccccc2)(c2ccccc2)c2cccc3c2Cc2ccccc2-3)(c2ccccc2)c2cccc3c2Cc2ccccc2-3)cc1. The van der Waals surface area contributed by atoms with Crippen molar-refractivity contribution in [1.29, 1.82) is 0 Å². The molecule has 0 bridgehead atoms. The van der Waals surface area contributed by atoms with Crippen molar-refractivity contribution in [3.05, 3.63) is 229 Å². The molecule has 0 nitrogen and oxygen atoms in total. The zero-order chi connectivity index (χ0) is 36.7. The smallest absolute Gasteiger partial charge is 0.0624 e. The molecule has 0 aliphatic heterocycles. The van der Waals surface area contributed by atoms with Gasteiger partial charge in [-0.2, -0.15) is 0 Å². The molecule has 0 amide bonds. The second-order valence-electron chi connectivity index (χ2n) is 15.5. The lowest BCUT2D eigenvalue weighted by Gasteiger charge is -2.39. The Morgan fingerprint density at radius 2 is 0.600 bits per heavy atom. The summed E-state index contributed by atoms with van der Waals surface area (Å²) in [5.41, 5.74) is 11.6. The van der Waals surface area contributed by atoms with Gasteiger partial charge < -0.3 is 0 Å². The highest BCUT2D eigenvalue weighted by Crippen LogP contribution is 2.39. The van der Waals surface area contributed by atoms with Crippen LogP contribution < -0.4 is 31.1 Å². The molecule has 0 spiro atoms. The molecule has 0 fully saturated rings. The minimum atomic E-state index is -2.57. The lowest BCUT2D eigenvalue weighted by atomic mass is 10.1. The fourth-order valence-electron chi connectivity index (χ4n) is 10.4. The monoisotopic (exact) mass is 736 g/mol. The summed E-state index contributed by atoms with van der Waals surface area (Å²) in [4.78, 5) is 0. The van der Waals surface area contributed by atoms with E-state index in [0.717, 1.165) is 31.4 Å². The molecule has 0 saturated heterocycles. The van der Waals surface area contributed by atoms with Crippen molar-refractivity contribution < 1.29 is 0 Å². The Balaban J connectivity index is 1.17. The van der Waals surface area contributed by atoms with Crippen LogP contribution in [0.3, 0.4) is 0 Å². The van der Waals surface area contributed by atoms with Crippen LogP contribution in [0.2, 0.25) is 12.1 Å². The minimum Gasteiger partial charge on any atom is -0.0624 e. The summed E-state index contributed by atoms with van der Waals surface area (Å²) in [5, 5.41) is 9.20. The van der Waals surface area contributed by atoms with E-state index in [-0.39, 0.29) is 0 Å². The van der Waals surface area contributed by atoms with Crippen LogP contribution in [0, 0.1) is 0 Å². The molecule has 2 aliphatic carbocycles. The zero-order valence-corrected chi connectivity index (χ0v) is 33.2. The van der Waals surface area contributed by atoms with E-state index in [1.165, 1.54) is 65.3 Å². The molecule has 0 unspecified atom stereocenters. The zero-order valence-electron chi connectivity index (χ0n) is 31.2. The van der Waals surface area contributed by atoms with Crippen LogP contribution in [-0.2, 0) is 12.8 Å². The Hall–Kier alpha value is -5.81. The van der Waals surface area contributed by atoms with Gasteiger partial charge in [-0.05, 0) is 101 Å². The lowest BCUT2D eigenvalue weighted by Crippen LogP contribution is -2.69. The average Bonchev–Trinajstić information content (AvgIpc) is 3.84. The summed E-state index contributed by atoms with van der Waals surface area (Å²) < 4.78 is 0. The van der Waals surface area contributed by atoms with Gasteiger partial charge in [0, 0.05) is 0 Å². The van der Waals surface area contributed by atoms with Crippen molar-refractivity contribution in [3.8, 4) is 22.3 Å². The fourth-order valence-corrected chi connectivity index (χ4v) is 21.1. The van der Waals surface area contributed by atoms with E-state index in [1.54, 1.807) is 10.4 Å². The Labute approximate surface area is 327 Å². The standard InChI is InChI=1S/C53H44Si2/c1-5-22-42(23-6-1)54(43-24-7-2-8-25-43,52-34-17-32-48-46-30-15-13-20-40(46)38-50(48)52)36-19-37-55(44-26-9-3-10-27-44,45-28-11-4-12-29-45)53-35-18-33-49-47-31-16-14-21-41(47)39-51(49)53/h1-18,20-35H,19,36-39H2. The van der Waals surface area contributed by atoms with Crippen molar-refractivity contribution in [3.63, 3.8) is 0 Å². The summed E-state index contributed by atoms with van der Waals surface area (Å²) in [7, 11) is -5.15. The summed E-state index contributed by atoms with van der Waals surface area (Å²) in [6, 6.07) is 81.4. The first-order valence-electron chi connectivity index (χ1n) is 19.9. The number of hydrogen-bond donors (Lipinski definition) is 0. The number of benzene rings is 8. The molecule has 55 heavy (non-hydrogen) atoms. The molecule has 8 aromatic rings. The van der Waals surface area contributed by atoms with E-state index in [9.17, 15) is 0 Å². The molecule has 10 rings (SSSR count). The van der Waals surface area contributed by atoms with Crippen molar-refractivity contribution >= 4 is 47.3 Å². The third-order valence-electron chi connectivity index (χ3n) is 12.8. The quantitative estimate of drug-likeness (QED) is 0.0973. The van der Waals surface area contributed by atoms with E-state index in [4.69, 9.17) is 0 Å². The second kappa shape index (κ2) is 14.1. The molecular formula is C53H44Si2. The van der Waals surface area contributed by atoms with Crippen LogP contribution in [-0.4, -0.2) is 16.1 Å². The maximum atomic E-state index is 2.51. The molecule has 2 heteroatoms. The van der Waals surface area contributed by atoms with E-state index in [0.29, 0.717) is 0 Å². The van der Waals surface area contributed by atoms with Crippen LogP contribution in [0.5, 0.6) is 0 Å². The third-order valence-corrected chi connectivity index (χ3v) is 23.0. The van der Waals surface area contributed by atoms with Crippen molar-refractivity contribution in [1.82, 2.24) is 0 Å². The molecule has 0 saturated carbocycles. The first-order chi connectivity index (χ1) is 27.3. The Bertz CT molecular complexity index is 2350. The maximum Gasteiger partial charge on any atom is 0.148 e. The Morgan fingerprint density at radius 3 is 0.964 bits per heavy atom. The van der Waals surface area contributed by atoms with Gasteiger partial charge in [0.15, 0.2) is 0 Å². The normalized spacial score (nSPS) is 12.8. The van der Waals surface area contributed by atoms with E-state index < -0.39 is 16.1 Å². The first kappa shape index (κ1) is 33.7. The van der Waals surface area contributed by atoms with E-state index in [2.05, 4.69) is 206 Å². The van der Waals surface area contributed by atoms with Gasteiger partial charge in [0.2, 0.25) is 0 Å². The van der Waals surface area contributed by atoms with Crippen molar-refractivity contribution in [2.75, 3.05) is 0 Å². The Kier molecular flexibility index (Phi) is 8.66. The van der Waals surface area contributed by atoms with Crippen LogP contribution in [0.4, 0.5) is 0 Å². The molecule has 0 aromatic heterocycles. The molecule has 0 heterocycles. The van der Waals surface area contributed by atoms with Crippen LogP contribution in [0.1, 0.15) is 28.7 Å². The molecule has 0 N–H and O–H groups in total. The summed E-state index contributed by atoms with van der Waals surface area (Å²) in [6.07, 6.45) is 3.12. The third kappa shape index (κ3) is 5.54. The number of rotatable bonds is 10. The van der Waals surface area contributed by atoms with Gasteiger partial charge in [0.05, 0.1) is 0 Å². The second-order valence-corrected chi connectivity index (χ2v) is 23.5. The maximum absolute atomic E-state index is 2.57. The van der Waals surface area contributed by atoms with E-state index in [1.807, 2.05) is 0 Å². The fraction of sp³-hybridized carbons (Fsp3) is 0.0943. The van der Waals surface area contributed by atoms with Crippen LogP contribution >= 0.6 is 0 Å². The largest absolute Gasteiger partial charge is 0.148 e. The molecule has 8 aromatic carbocycles. The Morgan fingerprint density at radius 1 is 0.291 bits per heavy atom. The van der Waals surface area contributed by atoms with Gasteiger partial charge in [-0.15, -0.1) is 0 Å². The summed E-state index contributed by atoms with van der Waals surface area (Å²) >= 11 is 0. The highest BCUT2D eigenvalue weighted by atomic mass is 28.3. The highest BCUT2D eigenvalue weighted by molar-refractivity contribution is 7.13. The lowest BCUT2D eigenvalue weighted by molar-refractivity contribution is 1.04. The topological polar surface area (TPSA) is 0 Å². The first-order valence-corrected chi connectivity index (χ1v) is 24.3. The molecular weight excluding hydrogens is 693 g/mol. The van der Waals surface area contributed by atoms with Gasteiger partial charge in [0.25, 0.3) is 0 Å².